The van der Waals surface area contributed by atoms with Gasteiger partial charge in [0.1, 0.15) is 0 Å². The van der Waals surface area contributed by atoms with Crippen LogP contribution in [0.15, 0.2) is 17.6 Å². The lowest BCUT2D eigenvalue weighted by Crippen LogP contribution is -1.95. The van der Waals surface area contributed by atoms with Gasteiger partial charge in [-0.25, -0.2) is 4.98 Å². The molecule has 0 radical (unpaired) electrons. The molecule has 0 aromatic carbocycles. The molecule has 0 unspecified atom stereocenters. The molecule has 0 saturated carbocycles. The van der Waals surface area contributed by atoms with Crippen molar-refractivity contribution in [3.8, 4) is 0 Å². The monoisotopic (exact) mass is 200 g/mol. The zero-order valence-corrected chi connectivity index (χ0v) is 7.80. The van der Waals surface area contributed by atoms with Crippen LogP contribution >= 0.6 is 23.4 Å². The molecular weight excluding hydrogens is 196 g/mol. The maximum Gasteiger partial charge on any atom is 0.238 e. The molecule has 4 nitrogen and oxygen atoms in total. The molecule has 2 heterocycles. The third-order valence-electron chi connectivity index (χ3n) is 1.39. The normalized spacial score (nSPS) is 10.8. The van der Waals surface area contributed by atoms with Crippen molar-refractivity contribution in [3.63, 3.8) is 0 Å². The van der Waals surface area contributed by atoms with E-state index in [1.165, 1.54) is 11.8 Å². The van der Waals surface area contributed by atoms with Gasteiger partial charge in [-0.05, 0) is 17.9 Å². The summed E-state index contributed by atoms with van der Waals surface area (Å²) >= 11 is 7.28. The van der Waals surface area contributed by atoms with Gasteiger partial charge in [-0.2, -0.15) is 9.97 Å². The lowest BCUT2D eigenvalue weighted by Gasteiger charge is -1.97. The molecule has 0 aliphatic rings. The van der Waals surface area contributed by atoms with E-state index in [1.54, 1.807) is 16.8 Å². The average molecular weight is 201 g/mol. The minimum Gasteiger partial charge on any atom is -0.258 e. The Morgan fingerprint density at radius 3 is 3.08 bits per heavy atom. The Morgan fingerprint density at radius 2 is 2.33 bits per heavy atom. The molecule has 0 aliphatic carbocycles. The van der Waals surface area contributed by atoms with E-state index in [2.05, 4.69) is 15.0 Å². The molecular formula is C6H5ClN4S. The van der Waals surface area contributed by atoms with Crippen LogP contribution in [0.1, 0.15) is 0 Å². The van der Waals surface area contributed by atoms with Crippen LogP contribution in [0.25, 0.3) is 5.78 Å². The van der Waals surface area contributed by atoms with Crippen molar-refractivity contribution < 1.29 is 0 Å². The van der Waals surface area contributed by atoms with Crippen LogP contribution in [0, 0.1) is 0 Å². The highest BCUT2D eigenvalue weighted by atomic mass is 35.5. The smallest absolute Gasteiger partial charge is 0.238 e. The number of hydrogen-bond acceptors (Lipinski definition) is 4. The molecule has 2 rings (SSSR count). The van der Waals surface area contributed by atoms with Gasteiger partial charge in [0, 0.05) is 12.4 Å². The van der Waals surface area contributed by atoms with Gasteiger partial charge in [0.15, 0.2) is 5.16 Å². The molecule has 0 fully saturated rings. The Balaban J connectivity index is 2.75. The van der Waals surface area contributed by atoms with E-state index in [4.69, 9.17) is 11.6 Å². The van der Waals surface area contributed by atoms with Gasteiger partial charge in [-0.3, -0.25) is 4.40 Å². The van der Waals surface area contributed by atoms with Gasteiger partial charge >= 0.3 is 0 Å². The first-order valence-electron chi connectivity index (χ1n) is 3.22. The lowest BCUT2D eigenvalue weighted by molar-refractivity contribution is 0.897. The maximum absolute atomic E-state index is 5.84. The predicted octanol–water partition coefficient (Wildman–Crippen LogP) is 1.50. The molecule has 0 amide bonds. The standard InChI is InChI=1S/C6H5ClN4S/c1-12-6-9-4(7)11-3-2-8-5(11)10-6/h2-3H,1H3. The fraction of sp³-hybridized carbons (Fsp3) is 0.167. The summed E-state index contributed by atoms with van der Waals surface area (Å²) < 4.78 is 1.63. The second-order valence-corrected chi connectivity index (χ2v) is 3.19. The van der Waals surface area contributed by atoms with Crippen molar-refractivity contribution in [1.82, 2.24) is 19.4 Å². The molecule has 0 aliphatic heterocycles. The Bertz CT molecular complexity index is 413. The molecule has 12 heavy (non-hydrogen) atoms. The number of thioether (sulfide) groups is 1. The van der Waals surface area contributed by atoms with E-state index < -0.39 is 0 Å². The first-order chi connectivity index (χ1) is 5.81. The Morgan fingerprint density at radius 1 is 1.50 bits per heavy atom. The van der Waals surface area contributed by atoms with Gasteiger partial charge in [0.25, 0.3) is 0 Å². The number of aromatic nitrogens is 4. The number of imidazole rings is 1. The largest absolute Gasteiger partial charge is 0.258 e. The first-order valence-corrected chi connectivity index (χ1v) is 4.82. The summed E-state index contributed by atoms with van der Waals surface area (Å²) in [5.41, 5.74) is 0. The van der Waals surface area contributed by atoms with E-state index in [1.807, 2.05) is 6.26 Å². The molecule has 6 heteroatoms. The summed E-state index contributed by atoms with van der Waals surface area (Å²) in [5, 5.41) is 1.03. The summed E-state index contributed by atoms with van der Waals surface area (Å²) in [6.07, 6.45) is 5.26. The first kappa shape index (κ1) is 7.82. The van der Waals surface area contributed by atoms with E-state index in [9.17, 15) is 0 Å². The maximum atomic E-state index is 5.84. The average Bonchev–Trinajstić information content (AvgIpc) is 2.52. The number of hydrogen-bond donors (Lipinski definition) is 0. The number of halogens is 1. The van der Waals surface area contributed by atoms with Crippen LogP contribution in [0.5, 0.6) is 0 Å². The zero-order valence-electron chi connectivity index (χ0n) is 6.23. The van der Waals surface area contributed by atoms with E-state index in [0.29, 0.717) is 16.2 Å². The van der Waals surface area contributed by atoms with Crippen molar-refractivity contribution >= 4 is 29.1 Å². The second-order valence-electron chi connectivity index (χ2n) is 2.08. The van der Waals surface area contributed by atoms with Crippen LogP contribution in [0.3, 0.4) is 0 Å². The summed E-state index contributed by atoms with van der Waals surface area (Å²) in [4.78, 5) is 12.2. The van der Waals surface area contributed by atoms with E-state index in [0.717, 1.165) is 0 Å². The van der Waals surface area contributed by atoms with Gasteiger partial charge in [-0.1, -0.05) is 11.8 Å². The van der Waals surface area contributed by atoms with Crippen molar-refractivity contribution in [1.29, 1.82) is 0 Å². The third-order valence-corrected chi connectivity index (χ3v) is 2.20. The topological polar surface area (TPSA) is 43.1 Å². The fourth-order valence-corrected chi connectivity index (χ4v) is 1.47. The van der Waals surface area contributed by atoms with Gasteiger partial charge in [0.2, 0.25) is 11.1 Å². The molecule has 0 atom stereocenters. The quantitative estimate of drug-likeness (QED) is 0.655. The summed E-state index contributed by atoms with van der Waals surface area (Å²) in [7, 11) is 0. The van der Waals surface area contributed by atoms with Crippen molar-refractivity contribution in [2.24, 2.45) is 0 Å². The third kappa shape index (κ3) is 1.15. The number of fused-ring (bicyclic) bond motifs is 1. The SMILES string of the molecule is CSc1nc(Cl)n2ccnc2n1. The van der Waals surface area contributed by atoms with Gasteiger partial charge in [0.05, 0.1) is 0 Å². The molecule has 0 bridgehead atoms. The highest BCUT2D eigenvalue weighted by molar-refractivity contribution is 7.98. The number of rotatable bonds is 1. The highest BCUT2D eigenvalue weighted by Crippen LogP contribution is 2.13. The molecule has 62 valence electrons. The van der Waals surface area contributed by atoms with Crippen molar-refractivity contribution in [2.45, 2.75) is 5.16 Å². The van der Waals surface area contributed by atoms with Crippen LogP contribution in [0.4, 0.5) is 0 Å². The van der Waals surface area contributed by atoms with Crippen molar-refractivity contribution in [2.75, 3.05) is 6.26 Å². The molecule has 2 aromatic rings. The summed E-state index contributed by atoms with van der Waals surface area (Å²) in [6.45, 7) is 0. The molecule has 0 saturated heterocycles. The lowest BCUT2D eigenvalue weighted by atomic mass is 10.9. The van der Waals surface area contributed by atoms with Crippen LogP contribution in [0.2, 0.25) is 5.28 Å². The Kier molecular flexibility index (Phi) is 1.90. The summed E-state index contributed by atoms with van der Waals surface area (Å²) in [5.74, 6) is 0.583. The van der Waals surface area contributed by atoms with Gasteiger partial charge in [-0.15, -0.1) is 0 Å². The van der Waals surface area contributed by atoms with Gasteiger partial charge < -0.3 is 0 Å². The minimum atomic E-state index is 0.391. The fourth-order valence-electron chi connectivity index (χ4n) is 0.857. The second kappa shape index (κ2) is 2.91. The minimum absolute atomic E-state index is 0.391. The predicted molar refractivity (Wildman–Crippen MR) is 47.6 cm³/mol. The Labute approximate surface area is 78.0 Å². The van der Waals surface area contributed by atoms with Crippen LogP contribution in [-0.2, 0) is 0 Å². The molecule has 0 N–H and O–H groups in total. The molecule has 0 spiro atoms. The highest BCUT2D eigenvalue weighted by Gasteiger charge is 2.03. The molecule has 2 aromatic heterocycles. The zero-order chi connectivity index (χ0) is 8.55. The van der Waals surface area contributed by atoms with Crippen molar-refractivity contribution in [3.05, 3.63) is 17.7 Å². The van der Waals surface area contributed by atoms with E-state index in [-0.39, 0.29) is 0 Å². The summed E-state index contributed by atoms with van der Waals surface area (Å²) in [6, 6.07) is 0. The van der Waals surface area contributed by atoms with Crippen LogP contribution < -0.4 is 0 Å². The Hall–Kier alpha value is -0.810. The van der Waals surface area contributed by atoms with Crippen LogP contribution in [-0.4, -0.2) is 25.6 Å². The number of nitrogens with zero attached hydrogens (tertiary/aromatic N) is 4. The van der Waals surface area contributed by atoms with E-state index >= 15 is 0 Å².